The molecule has 0 fully saturated rings. The van der Waals surface area contributed by atoms with Crippen molar-refractivity contribution < 1.29 is 22.9 Å². The molecule has 7 heteroatoms. The van der Waals surface area contributed by atoms with Crippen molar-refractivity contribution in [2.75, 3.05) is 0 Å². The van der Waals surface area contributed by atoms with Gasteiger partial charge in [-0.2, -0.15) is 8.42 Å². The van der Waals surface area contributed by atoms with Gasteiger partial charge in [0.2, 0.25) is 0 Å². The summed E-state index contributed by atoms with van der Waals surface area (Å²) >= 11 is 0. The van der Waals surface area contributed by atoms with Crippen LogP contribution in [0.15, 0.2) is 0 Å². The Morgan fingerprint density at radius 1 is 1.58 bits per heavy atom. The summed E-state index contributed by atoms with van der Waals surface area (Å²) in [5.74, 6) is -1.47. The molecule has 0 rings (SSSR count). The molecule has 0 saturated heterocycles. The molecule has 0 aliphatic rings. The number of primary amides is 1. The lowest BCUT2D eigenvalue weighted by Gasteiger charge is -2.19. The van der Waals surface area contributed by atoms with Gasteiger partial charge in [0.05, 0.1) is 0 Å². The van der Waals surface area contributed by atoms with E-state index in [-0.39, 0.29) is 6.42 Å². The van der Waals surface area contributed by atoms with Crippen LogP contribution in [0.25, 0.3) is 0 Å². The minimum absolute atomic E-state index is 0.208. The predicted octanol–water partition coefficient (Wildman–Crippen LogP) is -1.15. The summed E-state index contributed by atoms with van der Waals surface area (Å²) in [6.07, 6.45) is -0.208. The van der Waals surface area contributed by atoms with Gasteiger partial charge in [-0.25, -0.2) is 0 Å². The van der Waals surface area contributed by atoms with Crippen LogP contribution in [0, 0.1) is 0 Å². The van der Waals surface area contributed by atoms with Gasteiger partial charge in [-0.3, -0.25) is 9.35 Å². The van der Waals surface area contributed by atoms with Gasteiger partial charge in [0.1, 0.15) is 0 Å². The molecule has 0 radical (unpaired) electrons. The molecule has 1 amide bonds. The molecular weight excluding hydrogens is 186 g/mol. The third-order valence-electron chi connectivity index (χ3n) is 1.40. The Labute approximate surface area is 70.1 Å². The van der Waals surface area contributed by atoms with Crippen LogP contribution in [0.2, 0.25) is 0 Å². The van der Waals surface area contributed by atoms with Crippen molar-refractivity contribution in [2.45, 2.75) is 24.7 Å². The number of carbonyl (C=O) groups excluding carboxylic acids is 1. The quantitative estimate of drug-likeness (QED) is 0.492. The van der Waals surface area contributed by atoms with Crippen molar-refractivity contribution >= 4 is 16.0 Å². The second-order valence-electron chi connectivity index (χ2n) is 2.37. The van der Waals surface area contributed by atoms with Gasteiger partial charge in [0.15, 0.2) is 0 Å². The maximum absolute atomic E-state index is 10.5. The van der Waals surface area contributed by atoms with Gasteiger partial charge in [-0.05, 0) is 0 Å². The van der Waals surface area contributed by atoms with Gasteiger partial charge >= 0.3 is 10.1 Å². The summed E-state index contributed by atoms with van der Waals surface area (Å²) in [6.45, 7) is 1.54. The van der Waals surface area contributed by atoms with E-state index in [1.165, 1.54) is 0 Å². The number of hydrogen-bond acceptors (Lipinski definition) is 4. The van der Waals surface area contributed by atoms with Crippen molar-refractivity contribution in [3.05, 3.63) is 0 Å². The first-order valence-electron chi connectivity index (χ1n) is 3.25. The van der Waals surface area contributed by atoms with Crippen LogP contribution >= 0.6 is 0 Å². The number of aliphatic hydroxyl groups is 1. The number of amides is 1. The number of hydrogen-bond donors (Lipinski definition) is 3. The summed E-state index contributed by atoms with van der Waals surface area (Å²) in [5.41, 5.74) is 4.62. The number of rotatable bonds is 4. The molecule has 1 unspecified atom stereocenters. The molecule has 4 N–H and O–H groups in total. The molecule has 0 spiro atoms. The lowest BCUT2D eigenvalue weighted by atomic mass is 10.2. The van der Waals surface area contributed by atoms with Gasteiger partial charge < -0.3 is 10.8 Å². The molecule has 12 heavy (non-hydrogen) atoms. The Hall–Kier alpha value is -0.660. The maximum atomic E-state index is 10.5. The topological polar surface area (TPSA) is 118 Å². The Bertz CT molecular complexity index is 272. The monoisotopic (exact) mass is 197 g/mol. The van der Waals surface area contributed by atoms with E-state index in [1.807, 2.05) is 0 Å². The fourth-order valence-electron chi connectivity index (χ4n) is 0.718. The van der Waals surface area contributed by atoms with E-state index >= 15 is 0 Å². The summed E-state index contributed by atoms with van der Waals surface area (Å²) in [7, 11) is -4.84. The van der Waals surface area contributed by atoms with E-state index in [0.29, 0.717) is 0 Å². The summed E-state index contributed by atoms with van der Waals surface area (Å²) in [6, 6.07) is 0. The highest BCUT2D eigenvalue weighted by atomic mass is 32.2. The van der Waals surface area contributed by atoms with Gasteiger partial charge in [-0.15, -0.1) is 0 Å². The molecular formula is C5H11NO5S. The molecule has 1 atom stereocenters. The van der Waals surface area contributed by atoms with E-state index in [4.69, 9.17) is 9.66 Å². The fraction of sp³-hybridized carbons (Fsp3) is 0.800. The fourth-order valence-corrected chi connectivity index (χ4v) is 1.43. The standard InChI is InChI=1S/C5H11NO5S/c1-2-3-5(8,4(6)7)12(9,10)11/h8H,2-3H2,1H3,(H2,6,7)(H,9,10,11). The average Bonchev–Trinajstić information content (AvgIpc) is 1.85. The third kappa shape index (κ3) is 1.93. The zero-order valence-corrected chi connectivity index (χ0v) is 7.34. The first-order valence-corrected chi connectivity index (χ1v) is 4.69. The SMILES string of the molecule is CCCC(O)(C(N)=O)S(=O)(=O)O. The van der Waals surface area contributed by atoms with E-state index in [1.54, 1.807) is 6.92 Å². The minimum Gasteiger partial charge on any atom is -0.366 e. The first kappa shape index (κ1) is 11.3. The van der Waals surface area contributed by atoms with Crippen molar-refractivity contribution in [3.63, 3.8) is 0 Å². The molecule has 0 aliphatic heterocycles. The maximum Gasteiger partial charge on any atom is 0.304 e. The molecule has 0 aromatic carbocycles. The third-order valence-corrected chi connectivity index (χ3v) is 2.66. The molecule has 0 aliphatic carbocycles. The van der Waals surface area contributed by atoms with Crippen LogP contribution in [-0.2, 0) is 14.9 Å². The minimum atomic E-state index is -4.84. The molecule has 6 nitrogen and oxygen atoms in total. The Balaban J connectivity index is 5.02. The molecule has 0 bridgehead atoms. The van der Waals surface area contributed by atoms with E-state index in [0.717, 1.165) is 0 Å². The summed E-state index contributed by atoms with van der Waals surface area (Å²) in [4.78, 5) is 7.65. The predicted molar refractivity (Wildman–Crippen MR) is 40.6 cm³/mol. The smallest absolute Gasteiger partial charge is 0.304 e. The number of nitrogens with two attached hydrogens (primary N) is 1. The summed E-state index contributed by atoms with van der Waals surface area (Å²) < 4.78 is 29.4. The average molecular weight is 197 g/mol. The lowest BCUT2D eigenvalue weighted by molar-refractivity contribution is -0.129. The molecule has 0 aromatic heterocycles. The molecule has 0 saturated carbocycles. The number of carbonyl (C=O) groups is 1. The Morgan fingerprint density at radius 2 is 2.00 bits per heavy atom. The first-order chi connectivity index (χ1) is 5.25. The highest BCUT2D eigenvalue weighted by molar-refractivity contribution is 7.87. The van der Waals surface area contributed by atoms with Crippen LogP contribution in [0.5, 0.6) is 0 Å². The van der Waals surface area contributed by atoms with Crippen LogP contribution in [0.1, 0.15) is 19.8 Å². The van der Waals surface area contributed by atoms with Gasteiger partial charge in [-0.1, -0.05) is 13.3 Å². The highest BCUT2D eigenvalue weighted by Crippen LogP contribution is 2.18. The largest absolute Gasteiger partial charge is 0.366 e. The van der Waals surface area contributed by atoms with Crippen molar-refractivity contribution in [1.82, 2.24) is 0 Å². The molecule has 72 valence electrons. The Kier molecular flexibility index (Phi) is 3.19. The highest BCUT2D eigenvalue weighted by Gasteiger charge is 2.46. The van der Waals surface area contributed by atoms with Crippen LogP contribution in [-0.4, -0.2) is 28.9 Å². The van der Waals surface area contributed by atoms with Crippen molar-refractivity contribution in [3.8, 4) is 0 Å². The lowest BCUT2D eigenvalue weighted by Crippen LogP contribution is -2.50. The van der Waals surface area contributed by atoms with E-state index in [2.05, 4.69) is 5.73 Å². The normalized spacial score (nSPS) is 16.9. The summed E-state index contributed by atoms with van der Waals surface area (Å²) in [5, 5.41) is 9.11. The second-order valence-corrected chi connectivity index (χ2v) is 4.00. The van der Waals surface area contributed by atoms with E-state index < -0.39 is 27.4 Å². The van der Waals surface area contributed by atoms with Crippen molar-refractivity contribution in [1.29, 1.82) is 0 Å². The van der Waals surface area contributed by atoms with E-state index in [9.17, 15) is 13.2 Å². The van der Waals surface area contributed by atoms with Crippen LogP contribution in [0.3, 0.4) is 0 Å². The zero-order valence-electron chi connectivity index (χ0n) is 6.52. The van der Waals surface area contributed by atoms with Crippen molar-refractivity contribution in [2.24, 2.45) is 5.73 Å². The van der Waals surface area contributed by atoms with Crippen LogP contribution < -0.4 is 5.73 Å². The van der Waals surface area contributed by atoms with Gasteiger partial charge in [0, 0.05) is 6.42 Å². The zero-order chi connectivity index (χ0) is 9.99. The van der Waals surface area contributed by atoms with Crippen LogP contribution in [0.4, 0.5) is 0 Å². The Morgan fingerprint density at radius 3 is 2.08 bits per heavy atom. The van der Waals surface area contributed by atoms with Gasteiger partial charge in [0.25, 0.3) is 10.8 Å². The second kappa shape index (κ2) is 3.38. The molecule has 0 heterocycles. The molecule has 0 aromatic rings.